The molecule has 0 saturated heterocycles. The molecule has 24 heavy (non-hydrogen) atoms. The van der Waals surface area contributed by atoms with Crippen molar-refractivity contribution in [2.24, 2.45) is 0 Å². The molecule has 0 fully saturated rings. The van der Waals surface area contributed by atoms with Gasteiger partial charge in [-0.3, -0.25) is 9.36 Å². The van der Waals surface area contributed by atoms with E-state index in [4.69, 9.17) is 5.11 Å². The molecular formula is C19H21N3O2. The number of fused-ring (bicyclic) bond motifs is 1. The number of aromatic nitrogens is 2. The molecule has 0 aliphatic carbocycles. The molecule has 1 aromatic heterocycles. The van der Waals surface area contributed by atoms with Gasteiger partial charge in [0.2, 0.25) is 0 Å². The summed E-state index contributed by atoms with van der Waals surface area (Å²) < 4.78 is 2.00. The second-order valence-corrected chi connectivity index (χ2v) is 5.89. The number of imidazole rings is 1. The molecule has 2 N–H and O–H groups in total. The van der Waals surface area contributed by atoms with Gasteiger partial charge in [0.1, 0.15) is 6.33 Å². The van der Waals surface area contributed by atoms with Crippen LogP contribution in [0.2, 0.25) is 0 Å². The molecule has 0 aliphatic heterocycles. The lowest BCUT2D eigenvalue weighted by Gasteiger charge is -2.13. The van der Waals surface area contributed by atoms with Crippen LogP contribution in [0.25, 0.3) is 16.7 Å². The number of hydrogen-bond donors (Lipinski definition) is 2. The fraction of sp³-hybridized carbons (Fsp3) is 0.263. The summed E-state index contributed by atoms with van der Waals surface area (Å²) in [5.41, 5.74) is 3.57. The molecule has 5 heteroatoms. The van der Waals surface area contributed by atoms with Gasteiger partial charge < -0.3 is 10.4 Å². The first-order valence-corrected chi connectivity index (χ1v) is 8.13. The third-order valence-corrected chi connectivity index (χ3v) is 4.03. The average Bonchev–Trinajstić information content (AvgIpc) is 3.04. The third kappa shape index (κ3) is 3.46. The first-order chi connectivity index (χ1) is 11.7. The van der Waals surface area contributed by atoms with Crippen LogP contribution in [-0.4, -0.2) is 33.2 Å². The smallest absolute Gasteiger partial charge is 0.251 e. The van der Waals surface area contributed by atoms with E-state index in [1.165, 1.54) is 0 Å². The molecule has 3 aromatic rings. The monoisotopic (exact) mass is 323 g/mol. The van der Waals surface area contributed by atoms with E-state index < -0.39 is 0 Å². The first kappa shape index (κ1) is 16.2. The number of para-hydroxylation sites is 2. The van der Waals surface area contributed by atoms with E-state index in [0.717, 1.165) is 23.1 Å². The van der Waals surface area contributed by atoms with Crippen LogP contribution in [0, 0.1) is 0 Å². The van der Waals surface area contributed by atoms with Crippen LogP contribution in [0.15, 0.2) is 54.9 Å². The van der Waals surface area contributed by atoms with E-state index in [1.807, 2.05) is 60.0 Å². The topological polar surface area (TPSA) is 67.2 Å². The quantitative estimate of drug-likeness (QED) is 0.733. The molecule has 1 heterocycles. The number of carbonyl (C=O) groups excluding carboxylic acids is 1. The Balaban J connectivity index is 1.75. The number of amides is 1. The number of aliphatic hydroxyl groups excluding tert-OH is 1. The highest BCUT2D eigenvalue weighted by atomic mass is 16.3. The molecule has 0 bridgehead atoms. The molecular weight excluding hydrogens is 302 g/mol. The van der Waals surface area contributed by atoms with Crippen LogP contribution in [0.1, 0.15) is 30.1 Å². The van der Waals surface area contributed by atoms with Crippen LogP contribution in [-0.2, 0) is 0 Å². The Hall–Kier alpha value is -2.66. The molecule has 1 unspecified atom stereocenters. The second kappa shape index (κ2) is 7.27. The van der Waals surface area contributed by atoms with Gasteiger partial charge in [-0.2, -0.15) is 0 Å². The number of carbonyl (C=O) groups is 1. The molecule has 2 aromatic carbocycles. The lowest BCUT2D eigenvalue weighted by molar-refractivity contribution is 0.0936. The van der Waals surface area contributed by atoms with E-state index in [2.05, 4.69) is 10.3 Å². The molecule has 0 radical (unpaired) electrons. The molecule has 0 spiro atoms. The number of rotatable bonds is 6. The van der Waals surface area contributed by atoms with Crippen LogP contribution in [0.5, 0.6) is 0 Å². The Morgan fingerprint density at radius 2 is 1.96 bits per heavy atom. The standard InChI is InChI=1S/C19H21N3O2/c1-14(5-4-12-23)21-19(24)15-8-10-16(11-9-15)22-13-20-17-6-2-3-7-18(17)22/h2-3,6-11,13-14,23H,4-5,12H2,1H3,(H,21,24). The number of hydrogen-bond acceptors (Lipinski definition) is 3. The normalized spacial score (nSPS) is 12.2. The lowest BCUT2D eigenvalue weighted by atomic mass is 10.1. The van der Waals surface area contributed by atoms with Crippen molar-refractivity contribution < 1.29 is 9.90 Å². The van der Waals surface area contributed by atoms with Gasteiger partial charge in [-0.1, -0.05) is 12.1 Å². The summed E-state index contributed by atoms with van der Waals surface area (Å²) in [6.45, 7) is 2.09. The Bertz CT molecular complexity index is 824. The zero-order chi connectivity index (χ0) is 16.9. The Morgan fingerprint density at radius 1 is 1.21 bits per heavy atom. The molecule has 5 nitrogen and oxygen atoms in total. The van der Waals surface area contributed by atoms with Gasteiger partial charge in [0.25, 0.3) is 5.91 Å². The summed E-state index contributed by atoms with van der Waals surface area (Å²) in [7, 11) is 0. The zero-order valence-electron chi connectivity index (χ0n) is 13.6. The minimum absolute atomic E-state index is 0.0434. The molecule has 0 saturated carbocycles. The van der Waals surface area contributed by atoms with E-state index in [1.54, 1.807) is 6.33 Å². The SMILES string of the molecule is CC(CCCO)NC(=O)c1ccc(-n2cnc3ccccc32)cc1. The van der Waals surface area contributed by atoms with E-state index in [9.17, 15) is 4.79 Å². The minimum atomic E-state index is -0.0949. The van der Waals surface area contributed by atoms with Gasteiger partial charge >= 0.3 is 0 Å². The Kier molecular flexibility index (Phi) is 4.91. The molecule has 3 rings (SSSR count). The average molecular weight is 323 g/mol. The minimum Gasteiger partial charge on any atom is -0.396 e. The van der Waals surface area contributed by atoms with Crippen molar-refractivity contribution in [1.29, 1.82) is 0 Å². The van der Waals surface area contributed by atoms with Gasteiger partial charge in [-0.15, -0.1) is 0 Å². The van der Waals surface area contributed by atoms with Crippen molar-refractivity contribution >= 4 is 16.9 Å². The van der Waals surface area contributed by atoms with Crippen LogP contribution < -0.4 is 5.32 Å². The fourth-order valence-corrected chi connectivity index (χ4v) is 2.72. The predicted octanol–water partition coefficient (Wildman–Crippen LogP) is 2.92. The maximum absolute atomic E-state index is 12.2. The number of nitrogens with zero attached hydrogens (tertiary/aromatic N) is 2. The van der Waals surface area contributed by atoms with Crippen molar-refractivity contribution in [3.05, 3.63) is 60.4 Å². The summed E-state index contributed by atoms with van der Waals surface area (Å²) in [6, 6.07) is 15.5. The molecule has 0 aliphatic rings. The van der Waals surface area contributed by atoms with Crippen molar-refractivity contribution in [3.8, 4) is 5.69 Å². The van der Waals surface area contributed by atoms with Crippen LogP contribution >= 0.6 is 0 Å². The van der Waals surface area contributed by atoms with Gasteiger partial charge in [-0.25, -0.2) is 4.98 Å². The number of aliphatic hydroxyl groups is 1. The third-order valence-electron chi connectivity index (χ3n) is 4.03. The largest absolute Gasteiger partial charge is 0.396 e. The van der Waals surface area contributed by atoms with Crippen LogP contribution in [0.3, 0.4) is 0 Å². The molecule has 1 amide bonds. The molecule has 124 valence electrons. The van der Waals surface area contributed by atoms with Gasteiger partial charge in [0.05, 0.1) is 11.0 Å². The summed E-state index contributed by atoms with van der Waals surface area (Å²) in [5, 5.41) is 11.8. The van der Waals surface area contributed by atoms with Crippen molar-refractivity contribution in [2.75, 3.05) is 6.61 Å². The first-order valence-electron chi connectivity index (χ1n) is 8.13. The van der Waals surface area contributed by atoms with Crippen molar-refractivity contribution in [3.63, 3.8) is 0 Å². The van der Waals surface area contributed by atoms with Gasteiger partial charge in [0, 0.05) is 23.9 Å². The maximum Gasteiger partial charge on any atom is 0.251 e. The van der Waals surface area contributed by atoms with E-state index in [0.29, 0.717) is 12.0 Å². The summed E-state index contributed by atoms with van der Waals surface area (Å²) >= 11 is 0. The zero-order valence-corrected chi connectivity index (χ0v) is 13.6. The summed E-state index contributed by atoms with van der Waals surface area (Å²) in [4.78, 5) is 16.6. The maximum atomic E-state index is 12.2. The number of nitrogens with one attached hydrogen (secondary N) is 1. The highest BCUT2D eigenvalue weighted by Crippen LogP contribution is 2.18. The highest BCUT2D eigenvalue weighted by Gasteiger charge is 2.10. The van der Waals surface area contributed by atoms with Crippen LogP contribution in [0.4, 0.5) is 0 Å². The number of benzene rings is 2. The van der Waals surface area contributed by atoms with Crippen molar-refractivity contribution in [2.45, 2.75) is 25.8 Å². The second-order valence-electron chi connectivity index (χ2n) is 5.89. The Morgan fingerprint density at radius 3 is 2.71 bits per heavy atom. The van der Waals surface area contributed by atoms with E-state index >= 15 is 0 Å². The highest BCUT2D eigenvalue weighted by molar-refractivity contribution is 5.94. The summed E-state index contributed by atoms with van der Waals surface area (Å²) in [6.07, 6.45) is 3.24. The summed E-state index contributed by atoms with van der Waals surface area (Å²) in [5.74, 6) is -0.0949. The molecule has 1 atom stereocenters. The predicted molar refractivity (Wildman–Crippen MR) is 94.3 cm³/mol. The van der Waals surface area contributed by atoms with E-state index in [-0.39, 0.29) is 18.6 Å². The lowest BCUT2D eigenvalue weighted by Crippen LogP contribution is -2.32. The fourth-order valence-electron chi connectivity index (χ4n) is 2.72. The van der Waals surface area contributed by atoms with Gasteiger partial charge in [-0.05, 0) is 56.2 Å². The van der Waals surface area contributed by atoms with Gasteiger partial charge in [0.15, 0.2) is 0 Å². The Labute approximate surface area is 141 Å². The van der Waals surface area contributed by atoms with Crippen molar-refractivity contribution in [1.82, 2.24) is 14.9 Å².